The van der Waals surface area contributed by atoms with Gasteiger partial charge < -0.3 is 15.5 Å². The molecule has 0 saturated heterocycles. The summed E-state index contributed by atoms with van der Waals surface area (Å²) in [6, 6.07) is 6.10. The average molecular weight is 283 g/mol. The number of carboxylic acids is 2. The minimum absolute atomic E-state index is 0.0103. The standard InChI is InChI=1S/C12H13NO5S/c14-10(7-19-6-5-11(15)16)13-9-4-2-1-3-8(9)12(17)18/h1-4H,5-7H2,(H,13,14)(H,15,16)(H,17,18). The average Bonchev–Trinajstić information content (AvgIpc) is 2.35. The molecule has 19 heavy (non-hydrogen) atoms. The second-order valence-electron chi connectivity index (χ2n) is 3.60. The highest BCUT2D eigenvalue weighted by atomic mass is 32.2. The topological polar surface area (TPSA) is 104 Å². The van der Waals surface area contributed by atoms with E-state index >= 15 is 0 Å². The third kappa shape index (κ3) is 5.43. The smallest absolute Gasteiger partial charge is 0.337 e. The maximum atomic E-state index is 11.6. The molecule has 3 N–H and O–H groups in total. The van der Waals surface area contributed by atoms with Crippen LogP contribution in [0.4, 0.5) is 5.69 Å². The number of amides is 1. The Labute approximate surface area is 113 Å². The number of para-hydroxylation sites is 1. The van der Waals surface area contributed by atoms with Crippen molar-refractivity contribution in [2.75, 3.05) is 16.8 Å². The van der Waals surface area contributed by atoms with Gasteiger partial charge in [-0.05, 0) is 12.1 Å². The van der Waals surface area contributed by atoms with Gasteiger partial charge in [0.25, 0.3) is 0 Å². The van der Waals surface area contributed by atoms with E-state index in [2.05, 4.69) is 5.32 Å². The van der Waals surface area contributed by atoms with E-state index < -0.39 is 11.9 Å². The zero-order valence-corrected chi connectivity index (χ0v) is 10.8. The summed E-state index contributed by atoms with van der Waals surface area (Å²) < 4.78 is 0. The first-order valence-electron chi connectivity index (χ1n) is 5.42. The first kappa shape index (κ1) is 15.0. The maximum Gasteiger partial charge on any atom is 0.337 e. The number of anilines is 1. The van der Waals surface area contributed by atoms with E-state index in [1.807, 2.05) is 0 Å². The SMILES string of the molecule is O=C(O)CCSCC(=O)Nc1ccccc1C(=O)O. The lowest BCUT2D eigenvalue weighted by Crippen LogP contribution is -2.17. The van der Waals surface area contributed by atoms with E-state index in [1.54, 1.807) is 12.1 Å². The zero-order valence-electron chi connectivity index (χ0n) is 9.96. The van der Waals surface area contributed by atoms with Crippen LogP contribution >= 0.6 is 11.8 Å². The minimum Gasteiger partial charge on any atom is -0.481 e. The predicted molar refractivity (Wildman–Crippen MR) is 71.6 cm³/mol. The van der Waals surface area contributed by atoms with Crippen molar-refractivity contribution in [2.24, 2.45) is 0 Å². The summed E-state index contributed by atoms with van der Waals surface area (Å²) in [5.41, 5.74) is 0.255. The molecule has 0 fully saturated rings. The summed E-state index contributed by atoms with van der Waals surface area (Å²) in [6.07, 6.45) is -0.0103. The number of rotatable bonds is 7. The van der Waals surface area contributed by atoms with Crippen LogP contribution in [0.15, 0.2) is 24.3 Å². The molecule has 1 aromatic carbocycles. The van der Waals surface area contributed by atoms with E-state index in [0.717, 1.165) is 0 Å². The number of carbonyl (C=O) groups is 3. The van der Waals surface area contributed by atoms with Gasteiger partial charge in [-0.3, -0.25) is 9.59 Å². The van der Waals surface area contributed by atoms with E-state index in [0.29, 0.717) is 5.75 Å². The van der Waals surface area contributed by atoms with E-state index in [1.165, 1.54) is 23.9 Å². The van der Waals surface area contributed by atoms with Crippen molar-refractivity contribution < 1.29 is 24.6 Å². The zero-order chi connectivity index (χ0) is 14.3. The van der Waals surface area contributed by atoms with Gasteiger partial charge >= 0.3 is 11.9 Å². The summed E-state index contributed by atoms with van der Waals surface area (Å²) in [5.74, 6) is -1.97. The highest BCUT2D eigenvalue weighted by Crippen LogP contribution is 2.15. The highest BCUT2D eigenvalue weighted by molar-refractivity contribution is 7.99. The fourth-order valence-corrected chi connectivity index (χ4v) is 2.01. The van der Waals surface area contributed by atoms with E-state index in [-0.39, 0.29) is 29.3 Å². The third-order valence-corrected chi connectivity index (χ3v) is 3.08. The molecule has 0 heterocycles. The summed E-state index contributed by atoms with van der Waals surface area (Å²) >= 11 is 1.18. The van der Waals surface area contributed by atoms with Crippen LogP contribution in [-0.2, 0) is 9.59 Å². The number of carboxylic acid groups (broad SMARTS) is 2. The van der Waals surface area contributed by atoms with Crippen molar-refractivity contribution in [1.82, 2.24) is 0 Å². The molecule has 0 aliphatic rings. The lowest BCUT2D eigenvalue weighted by atomic mass is 10.2. The summed E-state index contributed by atoms with van der Waals surface area (Å²) in [7, 11) is 0. The fraction of sp³-hybridized carbons (Fsp3) is 0.250. The molecule has 0 saturated carbocycles. The van der Waals surface area contributed by atoms with Gasteiger partial charge in [-0.2, -0.15) is 11.8 Å². The second kappa shape index (κ2) is 7.42. The fourth-order valence-electron chi connectivity index (χ4n) is 1.29. The van der Waals surface area contributed by atoms with Crippen LogP contribution in [0.3, 0.4) is 0 Å². The molecule has 6 nitrogen and oxygen atoms in total. The number of nitrogens with one attached hydrogen (secondary N) is 1. The largest absolute Gasteiger partial charge is 0.481 e. The van der Waals surface area contributed by atoms with Crippen LogP contribution in [0.5, 0.6) is 0 Å². The highest BCUT2D eigenvalue weighted by Gasteiger charge is 2.11. The molecule has 7 heteroatoms. The number of thioether (sulfide) groups is 1. The molecule has 1 aromatic rings. The Hall–Kier alpha value is -2.02. The van der Waals surface area contributed by atoms with Crippen LogP contribution < -0.4 is 5.32 Å². The molecule has 0 aromatic heterocycles. The molecule has 1 amide bonds. The van der Waals surface area contributed by atoms with Gasteiger partial charge in [-0.1, -0.05) is 12.1 Å². The van der Waals surface area contributed by atoms with Crippen molar-refractivity contribution >= 4 is 35.3 Å². The molecule has 0 spiro atoms. The molecular formula is C12H13NO5S. The molecular weight excluding hydrogens is 270 g/mol. The molecule has 0 aliphatic heterocycles. The van der Waals surface area contributed by atoms with E-state index in [4.69, 9.17) is 10.2 Å². The number of hydrogen-bond acceptors (Lipinski definition) is 4. The Morgan fingerprint density at radius 2 is 1.84 bits per heavy atom. The van der Waals surface area contributed by atoms with Gasteiger partial charge in [0.05, 0.1) is 23.4 Å². The van der Waals surface area contributed by atoms with Crippen molar-refractivity contribution in [3.63, 3.8) is 0 Å². The van der Waals surface area contributed by atoms with Gasteiger partial charge in [-0.15, -0.1) is 0 Å². The van der Waals surface area contributed by atoms with Crippen molar-refractivity contribution in [2.45, 2.75) is 6.42 Å². The Balaban J connectivity index is 2.48. The van der Waals surface area contributed by atoms with Crippen molar-refractivity contribution in [3.8, 4) is 0 Å². The predicted octanol–water partition coefficient (Wildman–Crippen LogP) is 1.53. The summed E-state index contributed by atoms with van der Waals surface area (Å²) in [4.78, 5) is 32.8. The Morgan fingerprint density at radius 3 is 2.47 bits per heavy atom. The number of carbonyl (C=O) groups excluding carboxylic acids is 1. The Morgan fingerprint density at radius 1 is 1.16 bits per heavy atom. The molecule has 0 atom stereocenters. The minimum atomic E-state index is -1.12. The van der Waals surface area contributed by atoms with Crippen molar-refractivity contribution in [3.05, 3.63) is 29.8 Å². The summed E-state index contributed by atoms with van der Waals surface area (Å²) in [6.45, 7) is 0. The monoisotopic (exact) mass is 283 g/mol. The third-order valence-electron chi connectivity index (χ3n) is 2.12. The quantitative estimate of drug-likeness (QED) is 0.656. The van der Waals surface area contributed by atoms with Crippen LogP contribution in [0.1, 0.15) is 16.8 Å². The van der Waals surface area contributed by atoms with E-state index in [9.17, 15) is 14.4 Å². The van der Waals surface area contributed by atoms with Gasteiger partial charge in [0.15, 0.2) is 0 Å². The number of benzene rings is 1. The van der Waals surface area contributed by atoms with Gasteiger partial charge in [0, 0.05) is 5.75 Å². The molecule has 102 valence electrons. The molecule has 0 bridgehead atoms. The van der Waals surface area contributed by atoms with Gasteiger partial charge in [0.2, 0.25) is 5.91 Å². The molecule has 0 unspecified atom stereocenters. The number of aromatic carboxylic acids is 1. The Kier molecular flexibility index (Phi) is 5.87. The molecule has 0 radical (unpaired) electrons. The maximum absolute atomic E-state index is 11.6. The first-order chi connectivity index (χ1) is 9.00. The van der Waals surface area contributed by atoms with Crippen LogP contribution in [0.2, 0.25) is 0 Å². The molecule has 0 aliphatic carbocycles. The lowest BCUT2D eigenvalue weighted by Gasteiger charge is -2.07. The molecule has 1 rings (SSSR count). The van der Waals surface area contributed by atoms with Crippen LogP contribution in [0.25, 0.3) is 0 Å². The second-order valence-corrected chi connectivity index (χ2v) is 4.70. The van der Waals surface area contributed by atoms with Gasteiger partial charge in [-0.25, -0.2) is 4.79 Å². The lowest BCUT2D eigenvalue weighted by molar-refractivity contribution is -0.136. The summed E-state index contributed by atoms with van der Waals surface area (Å²) in [5, 5.41) is 19.9. The van der Waals surface area contributed by atoms with Crippen molar-refractivity contribution in [1.29, 1.82) is 0 Å². The van der Waals surface area contributed by atoms with Crippen LogP contribution in [0, 0.1) is 0 Å². The first-order valence-corrected chi connectivity index (χ1v) is 6.58. The Bertz CT molecular complexity index is 489. The van der Waals surface area contributed by atoms with Gasteiger partial charge in [0.1, 0.15) is 0 Å². The van der Waals surface area contributed by atoms with Crippen LogP contribution in [-0.4, -0.2) is 39.6 Å². The number of hydrogen-bond donors (Lipinski definition) is 3. The number of aliphatic carboxylic acids is 1. The normalized spacial score (nSPS) is 9.89.